The lowest BCUT2D eigenvalue weighted by Crippen LogP contribution is -1.95. The Kier molecular flexibility index (Phi) is 6.16. The van der Waals surface area contributed by atoms with Crippen LogP contribution < -0.4 is 0 Å². The predicted molar refractivity (Wildman–Crippen MR) is 219 cm³/mol. The van der Waals surface area contributed by atoms with E-state index in [0.29, 0.717) is 0 Å². The van der Waals surface area contributed by atoms with Crippen molar-refractivity contribution in [3.63, 3.8) is 0 Å². The molecule has 0 N–H and O–H groups in total. The van der Waals surface area contributed by atoms with E-state index in [1.165, 1.54) is 91.7 Å². The Morgan fingerprint density at radius 3 is 1.84 bits per heavy atom. The fourth-order valence-corrected chi connectivity index (χ4v) is 9.51. The Balaban J connectivity index is 1.07. The monoisotopic (exact) mass is 666 g/mol. The van der Waals surface area contributed by atoms with Gasteiger partial charge in [0.2, 0.25) is 0 Å². The average molecular weight is 667 g/mol. The van der Waals surface area contributed by atoms with Crippen molar-refractivity contribution in [3.8, 4) is 33.6 Å². The fourth-order valence-electron chi connectivity index (χ4n) is 8.28. The van der Waals surface area contributed by atoms with Crippen molar-refractivity contribution in [1.29, 1.82) is 0 Å². The third-order valence-corrected chi connectivity index (χ3v) is 11.7. The largest absolute Gasteiger partial charge is 0.309 e. The molecule has 0 saturated heterocycles. The number of nitrogens with zero attached hydrogens (tertiary/aromatic N) is 2. The van der Waals surface area contributed by atoms with Gasteiger partial charge in [0.05, 0.1) is 22.1 Å². The van der Waals surface area contributed by atoms with Crippen molar-refractivity contribution < 1.29 is 0 Å². The van der Waals surface area contributed by atoms with Crippen LogP contribution in [0.1, 0.15) is 0 Å². The van der Waals surface area contributed by atoms with Crippen LogP contribution in [0, 0.1) is 0 Å². The molecule has 238 valence electrons. The fraction of sp³-hybridized carbons (Fsp3) is 0. The van der Waals surface area contributed by atoms with Crippen LogP contribution in [-0.2, 0) is 0 Å². The molecular formula is C48H30N2S. The maximum atomic E-state index is 2.44. The van der Waals surface area contributed by atoms with Gasteiger partial charge in [-0.05, 0) is 76.9 Å². The maximum Gasteiger partial charge on any atom is 0.0641 e. The number of para-hydroxylation sites is 3. The molecule has 11 rings (SSSR count). The van der Waals surface area contributed by atoms with E-state index in [-0.39, 0.29) is 0 Å². The minimum atomic E-state index is 1.15. The van der Waals surface area contributed by atoms with Gasteiger partial charge in [-0.15, -0.1) is 11.3 Å². The molecule has 0 radical (unpaired) electrons. The molecule has 0 spiro atoms. The van der Waals surface area contributed by atoms with Crippen LogP contribution in [0.25, 0.3) is 97.4 Å². The van der Waals surface area contributed by atoms with E-state index >= 15 is 0 Å². The highest BCUT2D eigenvalue weighted by Crippen LogP contribution is 2.43. The molecule has 0 bridgehead atoms. The molecule has 0 aliphatic heterocycles. The van der Waals surface area contributed by atoms with Gasteiger partial charge >= 0.3 is 0 Å². The first kappa shape index (κ1) is 28.4. The maximum absolute atomic E-state index is 2.44. The number of benzene rings is 8. The van der Waals surface area contributed by atoms with E-state index in [0.717, 1.165) is 5.69 Å². The lowest BCUT2D eigenvalue weighted by atomic mass is 9.98. The van der Waals surface area contributed by atoms with Gasteiger partial charge in [-0.25, -0.2) is 0 Å². The van der Waals surface area contributed by atoms with Crippen LogP contribution in [0.15, 0.2) is 182 Å². The van der Waals surface area contributed by atoms with Crippen molar-refractivity contribution >= 4 is 75.1 Å². The van der Waals surface area contributed by atoms with Gasteiger partial charge in [0.1, 0.15) is 0 Å². The van der Waals surface area contributed by atoms with Crippen LogP contribution in [0.2, 0.25) is 0 Å². The Hall–Kier alpha value is -6.42. The second kappa shape index (κ2) is 11.0. The normalized spacial score (nSPS) is 11.9. The number of aromatic nitrogens is 2. The van der Waals surface area contributed by atoms with Gasteiger partial charge in [0.25, 0.3) is 0 Å². The number of thiophene rings is 1. The number of fused-ring (bicyclic) bond motifs is 10. The summed E-state index contributed by atoms with van der Waals surface area (Å²) in [7, 11) is 0. The molecule has 8 aromatic carbocycles. The van der Waals surface area contributed by atoms with Crippen LogP contribution in [0.3, 0.4) is 0 Å². The van der Waals surface area contributed by atoms with Gasteiger partial charge in [-0.3, -0.25) is 0 Å². The lowest BCUT2D eigenvalue weighted by molar-refractivity contribution is 1.17. The molecule has 0 unspecified atom stereocenters. The van der Waals surface area contributed by atoms with Crippen LogP contribution >= 0.6 is 11.3 Å². The molecule has 3 heteroatoms. The van der Waals surface area contributed by atoms with E-state index in [2.05, 4.69) is 191 Å². The van der Waals surface area contributed by atoms with Crippen molar-refractivity contribution in [2.75, 3.05) is 0 Å². The zero-order valence-corrected chi connectivity index (χ0v) is 28.4. The minimum absolute atomic E-state index is 1.15. The Morgan fingerprint density at radius 1 is 0.353 bits per heavy atom. The van der Waals surface area contributed by atoms with Crippen molar-refractivity contribution in [2.24, 2.45) is 0 Å². The lowest BCUT2D eigenvalue weighted by Gasteiger charge is -2.11. The summed E-state index contributed by atoms with van der Waals surface area (Å²) in [6.45, 7) is 0. The molecule has 0 atom stereocenters. The summed E-state index contributed by atoms with van der Waals surface area (Å²) < 4.78 is 7.55. The second-order valence-corrected chi connectivity index (χ2v) is 14.4. The first-order valence-electron chi connectivity index (χ1n) is 17.4. The van der Waals surface area contributed by atoms with Crippen molar-refractivity contribution in [1.82, 2.24) is 9.13 Å². The zero-order valence-electron chi connectivity index (χ0n) is 27.6. The summed E-state index contributed by atoms with van der Waals surface area (Å²) in [4.78, 5) is 0. The smallest absolute Gasteiger partial charge is 0.0641 e. The Morgan fingerprint density at radius 2 is 1.00 bits per heavy atom. The van der Waals surface area contributed by atoms with Crippen LogP contribution in [-0.4, -0.2) is 9.13 Å². The highest BCUT2D eigenvalue weighted by molar-refractivity contribution is 7.26. The SMILES string of the molecule is c1ccc(-n2c3ccccc3c3ccc4c(c5ccccc5n4-c4ccc(-c5cccc(-c6cccc7c6sc6ccccc67)c5)cc4)c32)cc1. The van der Waals surface area contributed by atoms with Crippen LogP contribution in [0.4, 0.5) is 0 Å². The van der Waals surface area contributed by atoms with Gasteiger partial charge in [-0.1, -0.05) is 127 Å². The summed E-state index contributed by atoms with van der Waals surface area (Å²) in [5.41, 5.74) is 12.2. The molecule has 0 fully saturated rings. The van der Waals surface area contributed by atoms with E-state index in [1.807, 2.05) is 11.3 Å². The van der Waals surface area contributed by atoms with Crippen molar-refractivity contribution in [2.45, 2.75) is 0 Å². The van der Waals surface area contributed by atoms with Crippen molar-refractivity contribution in [3.05, 3.63) is 182 Å². The first-order chi connectivity index (χ1) is 25.3. The first-order valence-corrected chi connectivity index (χ1v) is 18.3. The summed E-state index contributed by atoms with van der Waals surface area (Å²) in [5.74, 6) is 0. The Labute approximate surface area is 298 Å². The molecule has 3 aromatic heterocycles. The summed E-state index contributed by atoms with van der Waals surface area (Å²) in [6, 6.07) is 66.5. The molecule has 0 saturated carbocycles. The summed E-state index contributed by atoms with van der Waals surface area (Å²) in [5, 5.41) is 7.73. The second-order valence-electron chi connectivity index (χ2n) is 13.3. The third-order valence-electron chi connectivity index (χ3n) is 10.5. The molecule has 0 aliphatic carbocycles. The average Bonchev–Trinajstić information content (AvgIpc) is 3.86. The summed E-state index contributed by atoms with van der Waals surface area (Å²) >= 11 is 1.88. The van der Waals surface area contributed by atoms with Gasteiger partial charge in [0.15, 0.2) is 0 Å². The molecule has 11 aromatic rings. The number of rotatable bonds is 4. The van der Waals surface area contributed by atoms with E-state index < -0.39 is 0 Å². The quantitative estimate of drug-likeness (QED) is 0.177. The standard InChI is InChI=1S/C48H30N2S/c1-2-14-34(15-3-1)50-42-21-7-4-16-37(42)39-28-29-44-46(47(39)50)41-18-5-8-22-43(41)49(44)35-26-24-31(25-27-35)32-12-10-13-33(30-32)36-19-11-20-40-38-17-6-9-23-45(38)51-48(36)40/h1-30H. The van der Waals surface area contributed by atoms with E-state index in [4.69, 9.17) is 0 Å². The molecule has 2 nitrogen and oxygen atoms in total. The van der Waals surface area contributed by atoms with E-state index in [1.54, 1.807) is 0 Å². The molecule has 51 heavy (non-hydrogen) atoms. The minimum Gasteiger partial charge on any atom is -0.309 e. The van der Waals surface area contributed by atoms with Crippen LogP contribution in [0.5, 0.6) is 0 Å². The van der Waals surface area contributed by atoms with Gasteiger partial charge < -0.3 is 9.13 Å². The summed E-state index contributed by atoms with van der Waals surface area (Å²) in [6.07, 6.45) is 0. The van der Waals surface area contributed by atoms with Gasteiger partial charge in [-0.2, -0.15) is 0 Å². The Bertz CT molecular complexity index is 3120. The number of hydrogen-bond donors (Lipinski definition) is 0. The number of hydrogen-bond acceptors (Lipinski definition) is 1. The highest BCUT2D eigenvalue weighted by atomic mass is 32.1. The highest BCUT2D eigenvalue weighted by Gasteiger charge is 2.20. The predicted octanol–water partition coefficient (Wildman–Crippen LogP) is 13.6. The zero-order chi connectivity index (χ0) is 33.5. The van der Waals surface area contributed by atoms with Gasteiger partial charge in [0, 0.05) is 53.1 Å². The molecule has 0 aliphatic rings. The molecular weight excluding hydrogens is 637 g/mol. The molecule has 0 amide bonds. The van der Waals surface area contributed by atoms with E-state index in [9.17, 15) is 0 Å². The third kappa shape index (κ3) is 4.22. The molecule has 3 heterocycles. The topological polar surface area (TPSA) is 9.86 Å².